The minimum Gasteiger partial charge on any atom is -0.462 e. The number of hydrogen-bond donors (Lipinski definition) is 5. The van der Waals surface area contributed by atoms with Crippen molar-refractivity contribution in [3.63, 3.8) is 0 Å². The average Bonchev–Trinajstić information content (AvgIpc) is 3.73. The van der Waals surface area contributed by atoms with Crippen LogP contribution in [0.4, 0.5) is 5.82 Å². The molecule has 1 saturated carbocycles. The van der Waals surface area contributed by atoms with Gasteiger partial charge in [0.1, 0.15) is 30.4 Å². The smallest absolute Gasteiger partial charge is 0.323 e. The Labute approximate surface area is 290 Å². The van der Waals surface area contributed by atoms with Crippen LogP contribution in [0.2, 0.25) is 5.28 Å². The number of halogens is 1. The number of anilines is 1. The summed E-state index contributed by atoms with van der Waals surface area (Å²) in [6.45, 7) is 7.80. The standard InChI is InChI=1S/C30H48ClN8O9P/c1-15(2)46-28(43)17(5)37-49(45,12-19(32)29(44)47-16(3)4)13-21(40)38(6)11-20-23(41)24(42)27(48-20)39-14-33-22-25(34-18-9-7-8-10-18)35-30(31)36-26(22)39/h14-20,23-24,27,41-42H,7-13,32H2,1-6H3,(H,37,45)(H,34,35,36)/t17-,19+,20+,23+,24+,27+,49?/m0/s1. The zero-order valence-electron chi connectivity index (χ0n) is 28.6. The van der Waals surface area contributed by atoms with Crippen molar-refractivity contribution in [2.24, 2.45) is 5.73 Å². The maximum atomic E-state index is 14.2. The van der Waals surface area contributed by atoms with Crippen molar-refractivity contribution in [2.45, 2.75) is 115 Å². The summed E-state index contributed by atoms with van der Waals surface area (Å²) in [5.74, 6) is -1.71. The summed E-state index contributed by atoms with van der Waals surface area (Å²) < 4.78 is 32.0. The van der Waals surface area contributed by atoms with Crippen LogP contribution in [0.15, 0.2) is 6.33 Å². The van der Waals surface area contributed by atoms with Crippen molar-refractivity contribution in [3.8, 4) is 0 Å². The number of amides is 1. The first-order valence-electron chi connectivity index (χ1n) is 16.4. The van der Waals surface area contributed by atoms with Gasteiger partial charge in [-0.15, -0.1) is 0 Å². The van der Waals surface area contributed by atoms with Crippen LogP contribution in [-0.4, -0.2) is 127 Å². The normalized spacial score (nSPS) is 23.8. The first kappa shape index (κ1) is 38.9. The van der Waals surface area contributed by atoms with Crippen molar-refractivity contribution in [3.05, 3.63) is 11.6 Å². The van der Waals surface area contributed by atoms with E-state index in [1.54, 1.807) is 27.7 Å². The predicted molar refractivity (Wildman–Crippen MR) is 180 cm³/mol. The summed E-state index contributed by atoms with van der Waals surface area (Å²) >= 11 is 6.25. The molecule has 0 spiro atoms. The highest BCUT2D eigenvalue weighted by atomic mass is 35.5. The second-order valence-corrected chi connectivity index (χ2v) is 16.3. The molecule has 2 fully saturated rings. The Kier molecular flexibility index (Phi) is 13.0. The summed E-state index contributed by atoms with van der Waals surface area (Å²) in [5, 5.41) is 28.0. The molecule has 49 heavy (non-hydrogen) atoms. The molecule has 1 unspecified atom stereocenters. The zero-order chi connectivity index (χ0) is 36.2. The van der Waals surface area contributed by atoms with E-state index in [-0.39, 0.29) is 23.5 Å². The lowest BCUT2D eigenvalue weighted by Crippen LogP contribution is -2.45. The molecule has 0 aromatic carbocycles. The highest BCUT2D eigenvalue weighted by Gasteiger charge is 2.46. The molecule has 1 aliphatic carbocycles. The minimum absolute atomic E-state index is 0.0355. The quantitative estimate of drug-likeness (QED) is 0.0990. The molecule has 1 saturated heterocycles. The van der Waals surface area contributed by atoms with Gasteiger partial charge in [0.15, 0.2) is 30.5 Å². The number of aliphatic hydroxyl groups is 2. The fourth-order valence-electron chi connectivity index (χ4n) is 5.88. The molecule has 2 aliphatic rings. The Morgan fingerprint density at radius 2 is 1.73 bits per heavy atom. The van der Waals surface area contributed by atoms with Crippen molar-refractivity contribution < 1.29 is 43.4 Å². The van der Waals surface area contributed by atoms with E-state index in [1.807, 2.05) is 0 Å². The molecular formula is C30H48ClN8O9P. The van der Waals surface area contributed by atoms with Crippen LogP contribution in [-0.2, 0) is 33.2 Å². The molecule has 4 rings (SSSR count). The third-order valence-corrected chi connectivity index (χ3v) is 11.0. The number of carbonyl (C=O) groups is 3. The fraction of sp³-hybridized carbons (Fsp3) is 0.733. The van der Waals surface area contributed by atoms with Gasteiger partial charge < -0.3 is 44.9 Å². The summed E-state index contributed by atoms with van der Waals surface area (Å²) in [5.41, 5.74) is 6.73. The Balaban J connectivity index is 1.47. The molecule has 7 atom stereocenters. The fourth-order valence-corrected chi connectivity index (χ4v) is 8.64. The van der Waals surface area contributed by atoms with Gasteiger partial charge in [-0.25, -0.2) is 4.98 Å². The maximum absolute atomic E-state index is 14.2. The van der Waals surface area contributed by atoms with Gasteiger partial charge in [0.05, 0.1) is 24.7 Å². The predicted octanol–water partition coefficient (Wildman–Crippen LogP) is 1.40. The number of aromatic nitrogens is 4. The van der Waals surface area contributed by atoms with Crippen molar-refractivity contribution in [1.82, 2.24) is 29.5 Å². The van der Waals surface area contributed by atoms with Crippen molar-refractivity contribution in [1.29, 1.82) is 0 Å². The number of likely N-dealkylation sites (N-methyl/N-ethyl adjacent to an activating group) is 1. The Bertz CT molecular complexity index is 1500. The van der Waals surface area contributed by atoms with Gasteiger partial charge in [0, 0.05) is 25.8 Å². The highest BCUT2D eigenvalue weighted by molar-refractivity contribution is 7.63. The molecule has 0 bridgehead atoms. The third kappa shape index (κ3) is 9.87. The monoisotopic (exact) mass is 730 g/mol. The molecule has 2 aromatic rings. The second kappa shape index (κ2) is 16.4. The highest BCUT2D eigenvalue weighted by Crippen LogP contribution is 2.43. The number of hydrogen-bond acceptors (Lipinski definition) is 14. The number of imidazole rings is 1. The van der Waals surface area contributed by atoms with E-state index >= 15 is 0 Å². The van der Waals surface area contributed by atoms with Gasteiger partial charge in [0.25, 0.3) is 0 Å². The van der Waals surface area contributed by atoms with Crippen LogP contribution in [0, 0.1) is 0 Å². The number of ether oxygens (including phenoxy) is 3. The number of nitrogens with zero attached hydrogens (tertiary/aromatic N) is 5. The van der Waals surface area contributed by atoms with E-state index in [0.717, 1.165) is 25.7 Å². The van der Waals surface area contributed by atoms with E-state index in [0.29, 0.717) is 11.3 Å². The number of rotatable bonds is 15. The van der Waals surface area contributed by atoms with Crippen LogP contribution >= 0.6 is 18.9 Å². The van der Waals surface area contributed by atoms with Crippen LogP contribution in [0.5, 0.6) is 0 Å². The van der Waals surface area contributed by atoms with E-state index in [1.165, 1.54) is 29.8 Å². The number of carbonyl (C=O) groups excluding carboxylic acids is 3. The second-order valence-electron chi connectivity index (χ2n) is 13.3. The first-order valence-corrected chi connectivity index (χ1v) is 18.9. The number of esters is 2. The van der Waals surface area contributed by atoms with Gasteiger partial charge >= 0.3 is 11.9 Å². The van der Waals surface area contributed by atoms with E-state index in [2.05, 4.69) is 25.4 Å². The molecule has 1 aliphatic heterocycles. The van der Waals surface area contributed by atoms with E-state index in [9.17, 15) is 29.2 Å². The van der Waals surface area contributed by atoms with Gasteiger partial charge in [-0.2, -0.15) is 9.97 Å². The molecule has 19 heteroatoms. The number of nitrogens with two attached hydrogens (primary N) is 1. The molecular weight excluding hydrogens is 683 g/mol. The molecule has 3 heterocycles. The van der Waals surface area contributed by atoms with Crippen molar-refractivity contribution in [2.75, 3.05) is 31.2 Å². The lowest BCUT2D eigenvalue weighted by atomic mass is 10.1. The van der Waals surface area contributed by atoms with E-state index < -0.39 is 86.3 Å². The molecule has 0 radical (unpaired) electrons. The van der Waals surface area contributed by atoms with E-state index in [4.69, 9.17) is 31.5 Å². The molecule has 6 N–H and O–H groups in total. The first-order chi connectivity index (χ1) is 23.0. The topological polar surface area (TPSA) is 233 Å². The number of aliphatic hydroxyl groups excluding tert-OH is 2. The van der Waals surface area contributed by atoms with Crippen LogP contribution in [0.25, 0.3) is 11.2 Å². The lowest BCUT2D eigenvalue weighted by molar-refractivity contribution is -0.149. The summed E-state index contributed by atoms with van der Waals surface area (Å²) in [7, 11) is -2.46. The minimum atomic E-state index is -3.87. The lowest BCUT2D eigenvalue weighted by Gasteiger charge is -2.28. The zero-order valence-corrected chi connectivity index (χ0v) is 30.3. The van der Waals surface area contributed by atoms with Crippen LogP contribution in [0.1, 0.15) is 66.5 Å². The largest absolute Gasteiger partial charge is 0.462 e. The average molecular weight is 731 g/mol. The Hall–Kier alpha value is -2.92. The van der Waals surface area contributed by atoms with Gasteiger partial charge in [-0.1, -0.05) is 12.8 Å². The van der Waals surface area contributed by atoms with Crippen LogP contribution < -0.4 is 16.1 Å². The molecule has 274 valence electrons. The molecule has 2 aromatic heterocycles. The summed E-state index contributed by atoms with van der Waals surface area (Å²) in [6.07, 6.45) is -1.50. The Morgan fingerprint density at radius 1 is 1.10 bits per heavy atom. The third-order valence-electron chi connectivity index (χ3n) is 8.25. The van der Waals surface area contributed by atoms with Gasteiger partial charge in [0.2, 0.25) is 11.2 Å². The summed E-state index contributed by atoms with van der Waals surface area (Å²) in [4.78, 5) is 52.7. The van der Waals surface area contributed by atoms with Crippen LogP contribution in [0.3, 0.4) is 0 Å². The number of nitrogens with one attached hydrogen (secondary N) is 2. The molecule has 1 amide bonds. The molecule has 17 nitrogen and oxygen atoms in total. The van der Waals surface area contributed by atoms with Crippen molar-refractivity contribution >= 4 is 53.7 Å². The number of fused-ring (bicyclic) bond motifs is 1. The van der Waals surface area contributed by atoms with Gasteiger partial charge in [-0.3, -0.25) is 24.0 Å². The summed E-state index contributed by atoms with van der Waals surface area (Å²) in [6, 6.07) is -2.22. The Morgan fingerprint density at radius 3 is 2.37 bits per heavy atom. The SMILES string of the molecule is CC(C)OC(=O)[C@H](N)CP(=O)(CC(=O)N(C)C[C@H]1O[C@@H](n2cnc3c(NC4CCCC4)nc(Cl)nc32)[C@H](O)[C@@H]1O)N[C@@H](C)C(=O)OC(C)C. The maximum Gasteiger partial charge on any atom is 0.323 e. The van der Waals surface area contributed by atoms with Gasteiger partial charge in [-0.05, 0) is 59.1 Å².